The molecule has 72 valence electrons. The van der Waals surface area contributed by atoms with Gasteiger partial charge in [0.25, 0.3) is 0 Å². The second-order valence-electron chi connectivity index (χ2n) is 3.22. The summed E-state index contributed by atoms with van der Waals surface area (Å²) < 4.78 is 20.8. The fourth-order valence-electron chi connectivity index (χ4n) is 1.63. The van der Waals surface area contributed by atoms with Gasteiger partial charge in [0.05, 0.1) is 0 Å². The molecular weight excluding hydrogens is 219 g/mol. The van der Waals surface area contributed by atoms with E-state index >= 15 is 0 Å². The van der Waals surface area contributed by atoms with Crippen molar-refractivity contribution in [3.05, 3.63) is 0 Å². The van der Waals surface area contributed by atoms with Gasteiger partial charge in [-0.25, -0.2) is 8.42 Å². The first-order chi connectivity index (χ1) is 5.52. The van der Waals surface area contributed by atoms with Crippen molar-refractivity contribution in [1.29, 1.82) is 0 Å². The van der Waals surface area contributed by atoms with E-state index in [1.165, 1.54) is 6.42 Å². The zero-order valence-corrected chi connectivity index (χ0v) is 9.00. The van der Waals surface area contributed by atoms with E-state index in [0.29, 0.717) is 0 Å². The molecule has 0 radical (unpaired) electrons. The lowest BCUT2D eigenvalue weighted by atomic mass is 9.91. The normalized spacial score (nSPS) is 23.8. The lowest BCUT2D eigenvalue weighted by molar-refractivity contribution is 0.373. The molecule has 0 heterocycles. The molecule has 1 saturated carbocycles. The van der Waals surface area contributed by atoms with Crippen molar-refractivity contribution in [2.45, 2.75) is 36.8 Å². The molecule has 0 aromatic heterocycles. The predicted octanol–water partition coefficient (Wildman–Crippen LogP) is 2.70. The maximum atomic E-state index is 10.9. The molecule has 0 aliphatic heterocycles. The van der Waals surface area contributed by atoms with E-state index in [2.05, 4.69) is 0 Å². The molecule has 1 aliphatic carbocycles. The average Bonchev–Trinajstić information content (AvgIpc) is 2.03. The van der Waals surface area contributed by atoms with Crippen LogP contribution in [-0.4, -0.2) is 13.1 Å². The Bertz CT molecular complexity index is 232. The fraction of sp³-hybridized carbons (Fsp3) is 1.00. The monoisotopic (exact) mass is 230 g/mol. The van der Waals surface area contributed by atoms with E-state index in [-0.39, 0.29) is 5.92 Å². The van der Waals surface area contributed by atoms with Gasteiger partial charge in [-0.3, -0.25) is 0 Å². The van der Waals surface area contributed by atoms with E-state index in [1.54, 1.807) is 0 Å². The van der Waals surface area contributed by atoms with Gasteiger partial charge in [-0.05, 0) is 18.8 Å². The van der Waals surface area contributed by atoms with Crippen molar-refractivity contribution in [1.82, 2.24) is 0 Å². The predicted molar refractivity (Wildman–Crippen MR) is 51.0 cm³/mol. The highest BCUT2D eigenvalue weighted by Gasteiger charge is 2.30. The highest BCUT2D eigenvalue weighted by molar-refractivity contribution is 8.15. The topological polar surface area (TPSA) is 34.1 Å². The number of alkyl halides is 1. The summed E-state index contributed by atoms with van der Waals surface area (Å²) in [7, 11) is 1.59. The first-order valence-corrected chi connectivity index (χ1v) is 6.90. The Hall–Kier alpha value is 0.530. The van der Waals surface area contributed by atoms with Gasteiger partial charge in [0.15, 0.2) is 4.71 Å². The van der Waals surface area contributed by atoms with E-state index in [0.717, 1.165) is 25.7 Å². The molecule has 0 spiro atoms. The van der Waals surface area contributed by atoms with Crippen LogP contribution in [0.25, 0.3) is 0 Å². The number of rotatable bonds is 2. The second-order valence-corrected chi connectivity index (χ2v) is 6.70. The minimum Gasteiger partial charge on any atom is -0.211 e. The molecule has 1 rings (SSSR count). The molecule has 0 N–H and O–H groups in total. The Morgan fingerprint density at radius 3 is 2.08 bits per heavy atom. The van der Waals surface area contributed by atoms with Gasteiger partial charge in [0, 0.05) is 10.7 Å². The van der Waals surface area contributed by atoms with Gasteiger partial charge in [0.2, 0.25) is 9.05 Å². The van der Waals surface area contributed by atoms with Crippen LogP contribution >= 0.6 is 22.3 Å². The average molecular weight is 231 g/mol. The molecule has 1 unspecified atom stereocenters. The molecule has 1 atom stereocenters. The zero-order chi connectivity index (χ0) is 9.19. The summed E-state index contributed by atoms with van der Waals surface area (Å²) in [5, 5.41) is 0. The number of hydrogen-bond donors (Lipinski definition) is 0. The second kappa shape index (κ2) is 4.16. The third-order valence-electron chi connectivity index (χ3n) is 2.29. The Labute approximate surface area is 82.7 Å². The van der Waals surface area contributed by atoms with Crippen LogP contribution in [0.5, 0.6) is 0 Å². The van der Waals surface area contributed by atoms with Crippen LogP contribution in [0.15, 0.2) is 0 Å². The molecule has 0 aromatic carbocycles. The van der Waals surface area contributed by atoms with Crippen molar-refractivity contribution in [2.75, 3.05) is 0 Å². The SMILES string of the molecule is O=S(=O)(Cl)C(Cl)C1CCCCC1. The van der Waals surface area contributed by atoms with Crippen LogP contribution in [0, 0.1) is 5.92 Å². The summed E-state index contributed by atoms with van der Waals surface area (Å²) in [5.41, 5.74) is 0. The van der Waals surface area contributed by atoms with E-state index < -0.39 is 13.8 Å². The Balaban J connectivity index is 2.57. The van der Waals surface area contributed by atoms with Gasteiger partial charge in [-0.15, -0.1) is 11.6 Å². The van der Waals surface area contributed by atoms with Crippen molar-refractivity contribution < 1.29 is 8.42 Å². The third-order valence-corrected chi connectivity index (χ3v) is 5.12. The molecule has 0 saturated heterocycles. The molecule has 5 heteroatoms. The largest absolute Gasteiger partial charge is 0.249 e. The molecule has 0 amide bonds. The van der Waals surface area contributed by atoms with Crippen LogP contribution in [0.3, 0.4) is 0 Å². The highest BCUT2D eigenvalue weighted by Crippen LogP contribution is 2.32. The highest BCUT2D eigenvalue weighted by atomic mass is 35.7. The maximum absolute atomic E-state index is 10.9. The number of hydrogen-bond acceptors (Lipinski definition) is 2. The molecule has 1 aliphatic rings. The summed E-state index contributed by atoms with van der Waals surface area (Å²) in [6.45, 7) is 0. The first kappa shape index (κ1) is 10.6. The van der Waals surface area contributed by atoms with Crippen LogP contribution in [0.4, 0.5) is 0 Å². The van der Waals surface area contributed by atoms with Gasteiger partial charge in [-0.2, -0.15) is 0 Å². The van der Waals surface area contributed by atoms with Crippen molar-refractivity contribution in [3.63, 3.8) is 0 Å². The van der Waals surface area contributed by atoms with Crippen molar-refractivity contribution in [3.8, 4) is 0 Å². The smallest absolute Gasteiger partial charge is 0.211 e. The van der Waals surface area contributed by atoms with Crippen LogP contribution in [-0.2, 0) is 9.05 Å². The van der Waals surface area contributed by atoms with E-state index in [4.69, 9.17) is 22.3 Å². The first-order valence-electron chi connectivity index (χ1n) is 4.09. The van der Waals surface area contributed by atoms with Crippen molar-refractivity contribution in [2.24, 2.45) is 5.92 Å². The van der Waals surface area contributed by atoms with Gasteiger partial charge in [-0.1, -0.05) is 19.3 Å². The standard InChI is InChI=1S/C7H12Cl2O2S/c8-7(12(9,10)11)6-4-2-1-3-5-6/h6-7H,1-5H2. The Morgan fingerprint density at radius 2 is 1.67 bits per heavy atom. The zero-order valence-electron chi connectivity index (χ0n) is 6.67. The Kier molecular flexibility index (Phi) is 3.68. The minimum atomic E-state index is -3.56. The summed E-state index contributed by atoms with van der Waals surface area (Å²) in [4.78, 5) is 0. The lowest BCUT2D eigenvalue weighted by Gasteiger charge is -2.23. The van der Waals surface area contributed by atoms with Gasteiger partial charge in [0.1, 0.15) is 0 Å². The summed E-state index contributed by atoms with van der Waals surface area (Å²) in [6, 6.07) is 0. The summed E-state index contributed by atoms with van der Waals surface area (Å²) >= 11 is 5.72. The van der Waals surface area contributed by atoms with Crippen LogP contribution in [0.1, 0.15) is 32.1 Å². The number of halogens is 2. The van der Waals surface area contributed by atoms with Gasteiger partial charge < -0.3 is 0 Å². The third kappa shape index (κ3) is 2.79. The molecular formula is C7H12Cl2O2S. The van der Waals surface area contributed by atoms with E-state index in [1.807, 2.05) is 0 Å². The fourth-order valence-corrected chi connectivity index (χ4v) is 3.05. The van der Waals surface area contributed by atoms with Crippen molar-refractivity contribution >= 4 is 31.3 Å². The minimum absolute atomic E-state index is 0.0583. The van der Waals surface area contributed by atoms with E-state index in [9.17, 15) is 8.42 Å². The molecule has 0 bridgehead atoms. The lowest BCUT2D eigenvalue weighted by Crippen LogP contribution is -2.23. The molecule has 12 heavy (non-hydrogen) atoms. The maximum Gasteiger partial charge on any atom is 0.249 e. The molecule has 0 aromatic rings. The molecule has 1 fully saturated rings. The molecule has 2 nitrogen and oxygen atoms in total. The van der Waals surface area contributed by atoms with Crippen LogP contribution < -0.4 is 0 Å². The van der Waals surface area contributed by atoms with Crippen LogP contribution in [0.2, 0.25) is 0 Å². The van der Waals surface area contributed by atoms with Gasteiger partial charge >= 0.3 is 0 Å². The quantitative estimate of drug-likeness (QED) is 0.540. The summed E-state index contributed by atoms with van der Waals surface area (Å²) in [5.74, 6) is 0.0583. The Morgan fingerprint density at radius 1 is 1.17 bits per heavy atom. The summed E-state index contributed by atoms with van der Waals surface area (Å²) in [6.07, 6.45) is 5.10.